The highest BCUT2D eigenvalue weighted by atomic mass is 16.8. The third-order valence-electron chi connectivity index (χ3n) is 16.1. The van der Waals surface area contributed by atoms with E-state index in [4.69, 9.17) is 37.9 Å². The van der Waals surface area contributed by atoms with Crippen LogP contribution in [0.1, 0.15) is 128 Å². The molecule has 416 valence electrons. The summed E-state index contributed by atoms with van der Waals surface area (Å²) < 4.78 is 47.3. The maximum atomic E-state index is 11.5. The summed E-state index contributed by atoms with van der Waals surface area (Å²) in [6.45, 7) is -3.24. The Morgan fingerprint density at radius 1 is 0.352 bits per heavy atom. The van der Waals surface area contributed by atoms with Gasteiger partial charge in [-0.1, -0.05) is 116 Å². The number of hydrogen-bond donors (Lipinski definition) is 14. The van der Waals surface area contributed by atoms with Crippen LogP contribution in [0.2, 0.25) is 0 Å². The molecule has 0 aromatic heterocycles. The van der Waals surface area contributed by atoms with Crippen LogP contribution in [0, 0.1) is 17.3 Å². The van der Waals surface area contributed by atoms with E-state index in [9.17, 15) is 71.5 Å². The molecule has 22 heteroatoms. The van der Waals surface area contributed by atoms with E-state index >= 15 is 0 Å². The van der Waals surface area contributed by atoms with Crippen LogP contribution in [-0.4, -0.2) is 234 Å². The number of ether oxygens (including phenoxy) is 8. The third kappa shape index (κ3) is 15.6. The van der Waals surface area contributed by atoms with Gasteiger partial charge in [-0.05, 0) is 24.7 Å². The summed E-state index contributed by atoms with van der Waals surface area (Å²) in [6.07, 6.45) is -11.7. The molecule has 6 rings (SSSR count). The van der Waals surface area contributed by atoms with Crippen molar-refractivity contribution in [3.63, 3.8) is 0 Å². The van der Waals surface area contributed by atoms with Gasteiger partial charge in [-0.15, -0.1) is 0 Å². The van der Waals surface area contributed by atoms with E-state index in [1.807, 2.05) is 0 Å². The Kier molecular flexibility index (Phi) is 24.3. The van der Waals surface area contributed by atoms with Crippen molar-refractivity contribution < 1.29 is 109 Å². The summed E-state index contributed by atoms with van der Waals surface area (Å²) in [7, 11) is 0. The van der Waals surface area contributed by atoms with Crippen LogP contribution < -0.4 is 0 Å². The number of aliphatic hydroxyl groups excluding tert-OH is 14. The zero-order valence-corrected chi connectivity index (χ0v) is 41.1. The molecule has 6 fully saturated rings. The molecule has 22 nitrogen and oxygen atoms in total. The van der Waals surface area contributed by atoms with Gasteiger partial charge in [-0.2, -0.15) is 0 Å². The first-order valence-electron chi connectivity index (χ1n) is 26.6. The van der Waals surface area contributed by atoms with Gasteiger partial charge in [0.05, 0.1) is 39.6 Å². The van der Waals surface area contributed by atoms with Gasteiger partial charge in [0.2, 0.25) is 0 Å². The second-order valence-electron chi connectivity index (χ2n) is 21.3. The lowest BCUT2D eigenvalue weighted by Gasteiger charge is -2.47. The zero-order valence-electron chi connectivity index (χ0n) is 41.1. The maximum Gasteiger partial charge on any atom is 0.187 e. The molecule has 4 aliphatic heterocycles. The zero-order chi connectivity index (χ0) is 51.2. The van der Waals surface area contributed by atoms with Crippen LogP contribution in [-0.2, 0) is 37.9 Å². The van der Waals surface area contributed by atoms with E-state index in [2.05, 4.69) is 0 Å². The maximum absolute atomic E-state index is 11.5. The van der Waals surface area contributed by atoms with Crippen molar-refractivity contribution in [2.24, 2.45) is 17.3 Å². The Balaban J connectivity index is 1.18. The van der Waals surface area contributed by atoms with Crippen molar-refractivity contribution >= 4 is 0 Å². The Bertz CT molecular complexity index is 1360. The van der Waals surface area contributed by atoms with Crippen molar-refractivity contribution in [1.82, 2.24) is 0 Å². The number of aliphatic hydroxyl groups is 14. The quantitative estimate of drug-likeness (QED) is 0.0430. The van der Waals surface area contributed by atoms with Gasteiger partial charge in [0.15, 0.2) is 25.2 Å². The lowest BCUT2D eigenvalue weighted by atomic mass is 9.78. The first kappa shape index (κ1) is 59.4. The van der Waals surface area contributed by atoms with Gasteiger partial charge >= 0.3 is 0 Å². The van der Waals surface area contributed by atoms with Gasteiger partial charge in [0.25, 0.3) is 0 Å². The van der Waals surface area contributed by atoms with Gasteiger partial charge in [0.1, 0.15) is 97.7 Å². The number of rotatable bonds is 26. The highest BCUT2D eigenvalue weighted by molar-refractivity contribution is 4.97. The van der Waals surface area contributed by atoms with Crippen LogP contribution in [0.4, 0.5) is 0 Å². The van der Waals surface area contributed by atoms with E-state index in [0.29, 0.717) is 24.7 Å². The molecule has 4 saturated heterocycles. The molecule has 0 radical (unpaired) electrons. The molecule has 0 bridgehead atoms. The second-order valence-corrected chi connectivity index (χ2v) is 21.3. The molecular formula is C49H88O22. The van der Waals surface area contributed by atoms with Crippen LogP contribution in [0.3, 0.4) is 0 Å². The molecule has 20 atom stereocenters. The molecule has 10 unspecified atom stereocenters. The topological polar surface area (TPSA) is 357 Å². The van der Waals surface area contributed by atoms with Crippen molar-refractivity contribution in [2.75, 3.05) is 39.6 Å². The molecular weight excluding hydrogens is 941 g/mol. The molecule has 0 aromatic carbocycles. The van der Waals surface area contributed by atoms with Gasteiger partial charge in [0, 0.05) is 5.41 Å². The summed E-state index contributed by atoms with van der Waals surface area (Å²) in [4.78, 5) is 0. The van der Waals surface area contributed by atoms with E-state index in [0.717, 1.165) is 51.4 Å². The molecule has 6 aliphatic rings. The molecule has 4 heterocycles. The van der Waals surface area contributed by atoms with Gasteiger partial charge < -0.3 is 109 Å². The van der Waals surface area contributed by atoms with Crippen molar-refractivity contribution in [2.45, 2.75) is 251 Å². The highest BCUT2D eigenvalue weighted by Gasteiger charge is 2.53. The van der Waals surface area contributed by atoms with Crippen molar-refractivity contribution in [3.8, 4) is 0 Å². The van der Waals surface area contributed by atoms with E-state index < -0.39 is 155 Å². The average molecular weight is 1030 g/mol. The van der Waals surface area contributed by atoms with Crippen LogP contribution >= 0.6 is 0 Å². The number of hydrogen-bond acceptors (Lipinski definition) is 22. The average Bonchev–Trinajstić information content (AvgIpc) is 3.38. The van der Waals surface area contributed by atoms with E-state index in [-0.39, 0.29) is 13.2 Å². The molecule has 0 aromatic rings. The minimum Gasteiger partial charge on any atom is -0.394 e. The first-order chi connectivity index (χ1) is 34.1. The molecule has 14 N–H and O–H groups in total. The summed E-state index contributed by atoms with van der Waals surface area (Å²) in [5.74, 6) is 1.39. The molecule has 0 spiro atoms. The molecule has 71 heavy (non-hydrogen) atoms. The Morgan fingerprint density at radius 3 is 1.04 bits per heavy atom. The van der Waals surface area contributed by atoms with Crippen molar-refractivity contribution in [3.05, 3.63) is 0 Å². The second kappa shape index (κ2) is 29.0. The standard InChI is InChI=1S/C49H88O22/c50-21-29-33(54)35(56)39(60)47(66-29)70-43-31(23-52)68-45(41(62)37(43)58)64-25-49(19-11-3-9-17-27-13-5-1-6-14-27,20-12-4-10-18-28-15-7-2-8-16-28)26-65-46-42(63)38(59)44(32(24-53)69-46)71-48-40(61)36(57)34(55)30(22-51)67-48/h27-48,50-63H,1-26H2/t29?,30?,31?,32?,33-,34-,35+,36?,37-,38?,39?,40?,41?,42?,43-,44-,45-,46-,47+,48-/m1/s1. The number of unbranched alkanes of at least 4 members (excludes halogenated alkanes) is 4. The first-order valence-corrected chi connectivity index (χ1v) is 26.6. The SMILES string of the molecule is OCC1O[C@H](O[C@@H]2C(CO)O[C@@H](OCC(CCCCCC3CCCCC3)(CCCCCC3CCCCC3)CO[C@@H]3OC(CO)[C@@H](O[C@@H]4OC(CO)[C@@H](O)[C@H](O)C4O)[C@H](O)C3O)C(O)C2O)C(O)C(O)[C@@H]1O. The summed E-state index contributed by atoms with van der Waals surface area (Å²) in [5, 5.41) is 149. The minimum atomic E-state index is -1.84. The predicted octanol–water partition coefficient (Wildman–Crippen LogP) is -1.68. The molecule has 2 saturated carbocycles. The van der Waals surface area contributed by atoms with Gasteiger partial charge in [-0.25, -0.2) is 0 Å². The predicted molar refractivity (Wildman–Crippen MR) is 246 cm³/mol. The lowest BCUT2D eigenvalue weighted by Crippen LogP contribution is -2.65. The Morgan fingerprint density at radius 2 is 0.690 bits per heavy atom. The van der Waals surface area contributed by atoms with Crippen LogP contribution in [0.25, 0.3) is 0 Å². The fourth-order valence-corrected chi connectivity index (χ4v) is 11.5. The largest absolute Gasteiger partial charge is 0.394 e. The fraction of sp³-hybridized carbons (Fsp3) is 1.00. The van der Waals surface area contributed by atoms with Crippen molar-refractivity contribution in [1.29, 1.82) is 0 Å². The monoisotopic (exact) mass is 1030 g/mol. The van der Waals surface area contributed by atoms with Crippen LogP contribution in [0.5, 0.6) is 0 Å². The third-order valence-corrected chi connectivity index (χ3v) is 16.1. The Hall–Kier alpha value is -0.880. The van der Waals surface area contributed by atoms with E-state index in [1.54, 1.807) is 0 Å². The minimum absolute atomic E-state index is 0.124. The molecule has 0 amide bonds. The highest BCUT2D eigenvalue weighted by Crippen LogP contribution is 2.39. The summed E-state index contributed by atoms with van der Waals surface area (Å²) in [5.41, 5.74) is -0.867. The fourth-order valence-electron chi connectivity index (χ4n) is 11.5. The van der Waals surface area contributed by atoms with Crippen LogP contribution in [0.15, 0.2) is 0 Å². The smallest absolute Gasteiger partial charge is 0.187 e. The lowest BCUT2D eigenvalue weighted by molar-refractivity contribution is -0.365. The Labute approximate surface area is 416 Å². The normalized spacial score (nSPS) is 41.3. The van der Waals surface area contributed by atoms with E-state index in [1.165, 1.54) is 64.2 Å². The summed E-state index contributed by atoms with van der Waals surface area (Å²) >= 11 is 0. The van der Waals surface area contributed by atoms with Gasteiger partial charge in [-0.3, -0.25) is 0 Å². The molecule has 2 aliphatic carbocycles. The summed E-state index contributed by atoms with van der Waals surface area (Å²) in [6, 6.07) is 0.